The maximum Gasteiger partial charge on any atom is 0.253 e. The van der Waals surface area contributed by atoms with Gasteiger partial charge in [0.15, 0.2) is 0 Å². The number of phenols is 1. The fraction of sp³-hybridized carbons (Fsp3) is 0.474. The van der Waals surface area contributed by atoms with Gasteiger partial charge in [-0.2, -0.15) is 0 Å². The number of carbonyl (C=O) groups is 1. The van der Waals surface area contributed by atoms with Gasteiger partial charge in [0.25, 0.3) is 5.91 Å². The number of imidazole rings is 1. The summed E-state index contributed by atoms with van der Waals surface area (Å²) >= 11 is 0. The lowest BCUT2D eigenvalue weighted by Crippen LogP contribution is -2.39. The number of rotatable bonds is 5. The molecule has 1 N–H and O–H groups in total. The minimum atomic E-state index is 0.0242. The molecule has 6 heteroatoms. The predicted molar refractivity (Wildman–Crippen MR) is 96.8 cm³/mol. The molecule has 3 rings (SSSR count). The number of hydrogen-bond donors (Lipinski definition) is 1. The lowest BCUT2D eigenvalue weighted by Gasteiger charge is -2.33. The molecule has 1 amide bonds. The summed E-state index contributed by atoms with van der Waals surface area (Å²) in [5.74, 6) is 1.55. The van der Waals surface area contributed by atoms with Crippen molar-refractivity contribution >= 4 is 5.91 Å². The van der Waals surface area contributed by atoms with Gasteiger partial charge in [0.2, 0.25) is 0 Å². The molecule has 1 atom stereocenters. The van der Waals surface area contributed by atoms with Gasteiger partial charge in [-0.15, -0.1) is 0 Å². The highest BCUT2D eigenvalue weighted by molar-refractivity contribution is 5.94. The third-order valence-corrected chi connectivity index (χ3v) is 4.72. The fourth-order valence-corrected chi connectivity index (χ4v) is 3.34. The number of benzene rings is 1. The molecule has 25 heavy (non-hydrogen) atoms. The maximum atomic E-state index is 12.7. The topological polar surface area (TPSA) is 61.6 Å². The van der Waals surface area contributed by atoms with Crippen LogP contribution in [0.1, 0.15) is 34.9 Å². The van der Waals surface area contributed by atoms with E-state index in [2.05, 4.69) is 28.5 Å². The van der Waals surface area contributed by atoms with Crippen molar-refractivity contribution in [2.24, 2.45) is 0 Å². The lowest BCUT2D eigenvalue weighted by atomic mass is 9.96. The first-order valence-corrected chi connectivity index (χ1v) is 8.78. The second-order valence-corrected chi connectivity index (χ2v) is 6.92. The molecule has 1 saturated heterocycles. The molecular formula is C19H26N4O2. The van der Waals surface area contributed by atoms with Crippen molar-refractivity contribution in [1.82, 2.24) is 19.4 Å². The minimum absolute atomic E-state index is 0.0242. The van der Waals surface area contributed by atoms with Crippen molar-refractivity contribution in [3.8, 4) is 5.75 Å². The zero-order chi connectivity index (χ0) is 17.8. The number of piperidine rings is 1. The van der Waals surface area contributed by atoms with Crippen LogP contribution in [0.25, 0.3) is 0 Å². The summed E-state index contributed by atoms with van der Waals surface area (Å²) in [4.78, 5) is 21.4. The largest absolute Gasteiger partial charge is 0.508 e. The van der Waals surface area contributed by atoms with Crippen LogP contribution in [0.3, 0.4) is 0 Å². The van der Waals surface area contributed by atoms with Crippen molar-refractivity contribution in [2.75, 3.05) is 33.7 Å². The summed E-state index contributed by atoms with van der Waals surface area (Å²) in [7, 11) is 4.13. The zero-order valence-corrected chi connectivity index (χ0v) is 14.9. The van der Waals surface area contributed by atoms with E-state index in [1.165, 1.54) is 0 Å². The van der Waals surface area contributed by atoms with E-state index in [1.807, 2.05) is 17.3 Å². The Morgan fingerprint density at radius 3 is 2.80 bits per heavy atom. The molecule has 1 aliphatic rings. The molecule has 0 spiro atoms. The number of carbonyl (C=O) groups excluding carboxylic acids is 1. The highest BCUT2D eigenvalue weighted by Gasteiger charge is 2.28. The number of aromatic nitrogens is 2. The Bertz CT molecular complexity index is 708. The number of likely N-dealkylation sites (N-methyl/N-ethyl adjacent to an activating group) is 1. The molecule has 2 aromatic rings. The second-order valence-electron chi connectivity index (χ2n) is 6.92. The first-order valence-electron chi connectivity index (χ1n) is 8.78. The van der Waals surface area contributed by atoms with Crippen LogP contribution in [0.4, 0.5) is 0 Å². The van der Waals surface area contributed by atoms with Crippen molar-refractivity contribution in [2.45, 2.75) is 25.3 Å². The molecule has 0 bridgehead atoms. The van der Waals surface area contributed by atoms with E-state index in [1.54, 1.807) is 24.3 Å². The molecule has 1 aromatic carbocycles. The Balaban J connectivity index is 1.70. The molecule has 0 unspecified atom stereocenters. The number of likely N-dealkylation sites (tertiary alicyclic amines) is 1. The van der Waals surface area contributed by atoms with Crippen LogP contribution in [0, 0.1) is 0 Å². The van der Waals surface area contributed by atoms with Crippen LogP contribution < -0.4 is 0 Å². The van der Waals surface area contributed by atoms with Gasteiger partial charge in [-0.1, -0.05) is 0 Å². The molecule has 0 saturated carbocycles. The Kier molecular flexibility index (Phi) is 5.38. The summed E-state index contributed by atoms with van der Waals surface area (Å²) in [5, 5.41) is 9.40. The third-order valence-electron chi connectivity index (χ3n) is 4.72. The van der Waals surface area contributed by atoms with Gasteiger partial charge in [-0.25, -0.2) is 4.98 Å². The van der Waals surface area contributed by atoms with Gasteiger partial charge >= 0.3 is 0 Å². The second kappa shape index (κ2) is 7.70. The lowest BCUT2D eigenvalue weighted by molar-refractivity contribution is 0.0703. The van der Waals surface area contributed by atoms with Gasteiger partial charge in [0.1, 0.15) is 11.6 Å². The molecule has 6 nitrogen and oxygen atoms in total. The van der Waals surface area contributed by atoms with E-state index in [0.29, 0.717) is 12.1 Å². The molecule has 2 heterocycles. The fourth-order valence-electron chi connectivity index (χ4n) is 3.34. The number of amides is 1. The Morgan fingerprint density at radius 1 is 1.32 bits per heavy atom. The van der Waals surface area contributed by atoms with E-state index < -0.39 is 0 Å². The zero-order valence-electron chi connectivity index (χ0n) is 14.9. The van der Waals surface area contributed by atoms with Crippen LogP contribution in [-0.2, 0) is 6.54 Å². The summed E-state index contributed by atoms with van der Waals surface area (Å²) in [5.41, 5.74) is 0.620. The Hall–Kier alpha value is -2.34. The van der Waals surface area contributed by atoms with E-state index in [0.717, 1.165) is 38.3 Å². The molecule has 0 aliphatic carbocycles. The summed E-state index contributed by atoms with van der Waals surface area (Å²) in [6.45, 7) is 3.34. The first kappa shape index (κ1) is 17.5. The van der Waals surface area contributed by atoms with Crippen molar-refractivity contribution < 1.29 is 9.90 Å². The summed E-state index contributed by atoms with van der Waals surface area (Å²) < 4.78 is 2.21. The van der Waals surface area contributed by atoms with Gasteiger partial charge in [-0.05, 0) is 51.2 Å². The SMILES string of the molecule is CN(C)CCn1ccnc1[C@H]1CCCN(C(=O)c2ccc(O)cc2)C1. The van der Waals surface area contributed by atoms with Gasteiger partial charge in [-0.3, -0.25) is 4.79 Å². The monoisotopic (exact) mass is 342 g/mol. The average molecular weight is 342 g/mol. The number of aromatic hydroxyl groups is 1. The van der Waals surface area contributed by atoms with E-state index in [9.17, 15) is 9.90 Å². The number of phenolic OH excluding ortho intramolecular Hbond substituents is 1. The number of nitrogens with zero attached hydrogens (tertiary/aromatic N) is 4. The molecule has 1 aliphatic heterocycles. The quantitative estimate of drug-likeness (QED) is 0.905. The highest BCUT2D eigenvalue weighted by atomic mass is 16.3. The van der Waals surface area contributed by atoms with E-state index in [4.69, 9.17) is 0 Å². The standard InChI is InChI=1S/C19H26N4O2/c1-21(2)12-13-22-11-9-20-18(22)16-4-3-10-23(14-16)19(25)15-5-7-17(24)8-6-15/h5-9,11,16,24H,3-4,10,12-14H2,1-2H3/t16-/m0/s1. The smallest absolute Gasteiger partial charge is 0.253 e. The Morgan fingerprint density at radius 2 is 2.08 bits per heavy atom. The molecule has 0 radical (unpaired) electrons. The average Bonchev–Trinajstić information content (AvgIpc) is 3.09. The molecular weight excluding hydrogens is 316 g/mol. The normalized spacial score (nSPS) is 17.9. The molecule has 134 valence electrons. The van der Waals surface area contributed by atoms with Crippen LogP contribution in [0.15, 0.2) is 36.7 Å². The van der Waals surface area contributed by atoms with Crippen molar-refractivity contribution in [3.05, 3.63) is 48.0 Å². The highest BCUT2D eigenvalue weighted by Crippen LogP contribution is 2.27. The minimum Gasteiger partial charge on any atom is -0.508 e. The van der Waals surface area contributed by atoms with Crippen molar-refractivity contribution in [3.63, 3.8) is 0 Å². The van der Waals surface area contributed by atoms with Gasteiger partial charge in [0, 0.05) is 50.1 Å². The predicted octanol–water partition coefficient (Wildman–Crippen LogP) is 2.17. The number of hydrogen-bond acceptors (Lipinski definition) is 4. The summed E-state index contributed by atoms with van der Waals surface area (Å²) in [6, 6.07) is 6.48. The van der Waals surface area contributed by atoms with Crippen LogP contribution in [-0.4, -0.2) is 64.1 Å². The molecule has 1 fully saturated rings. The third kappa shape index (κ3) is 4.20. The van der Waals surface area contributed by atoms with E-state index in [-0.39, 0.29) is 17.6 Å². The van der Waals surface area contributed by atoms with Gasteiger partial charge < -0.3 is 19.5 Å². The van der Waals surface area contributed by atoms with Crippen LogP contribution in [0.2, 0.25) is 0 Å². The maximum absolute atomic E-state index is 12.7. The molecule has 1 aromatic heterocycles. The summed E-state index contributed by atoms with van der Waals surface area (Å²) in [6.07, 6.45) is 5.92. The van der Waals surface area contributed by atoms with Gasteiger partial charge in [0.05, 0.1) is 0 Å². The Labute approximate surface area is 148 Å². The van der Waals surface area contributed by atoms with Crippen molar-refractivity contribution in [1.29, 1.82) is 0 Å². The first-order chi connectivity index (χ1) is 12.0. The van der Waals surface area contributed by atoms with Crippen LogP contribution in [0.5, 0.6) is 5.75 Å². The van der Waals surface area contributed by atoms with E-state index >= 15 is 0 Å². The van der Waals surface area contributed by atoms with Crippen LogP contribution >= 0.6 is 0 Å².